The molecular weight excluding hydrogens is 397 g/mol. The van der Waals surface area contributed by atoms with Crippen LogP contribution in [0.4, 0.5) is 0 Å². The number of aliphatic imine (C=N–C) groups is 1. The number of hydrogen-bond acceptors (Lipinski definition) is 1. The van der Waals surface area contributed by atoms with E-state index >= 15 is 0 Å². The van der Waals surface area contributed by atoms with Gasteiger partial charge in [-0.05, 0) is 43.7 Å². The Morgan fingerprint density at radius 3 is 2.48 bits per heavy atom. The number of halogens is 2. The molecule has 1 aliphatic carbocycles. The third-order valence-corrected chi connectivity index (χ3v) is 4.85. The third-order valence-electron chi connectivity index (χ3n) is 4.52. The fraction of sp³-hybridized carbons (Fsp3) is 0.562. The minimum atomic E-state index is 0. The highest BCUT2D eigenvalue weighted by molar-refractivity contribution is 14.0. The van der Waals surface area contributed by atoms with Crippen LogP contribution in [0.15, 0.2) is 29.3 Å². The Bertz CT molecular complexity index is 508. The summed E-state index contributed by atoms with van der Waals surface area (Å²) in [4.78, 5) is 6.88. The molecule has 0 unspecified atom stereocenters. The van der Waals surface area contributed by atoms with Gasteiger partial charge >= 0.3 is 0 Å². The van der Waals surface area contributed by atoms with Gasteiger partial charge in [0, 0.05) is 23.5 Å². The zero-order chi connectivity index (χ0) is 14.0. The van der Waals surface area contributed by atoms with Crippen LogP contribution in [-0.2, 0) is 5.41 Å². The SMILES string of the molecule is I.NC(=NCC1(c2ccccc2Cl)CC1)N1CCCCC1. The Hall–Kier alpha value is -0.490. The zero-order valence-electron chi connectivity index (χ0n) is 12.2. The number of rotatable bonds is 3. The smallest absolute Gasteiger partial charge is 0.191 e. The molecule has 0 spiro atoms. The predicted molar refractivity (Wildman–Crippen MR) is 99.7 cm³/mol. The fourth-order valence-corrected chi connectivity index (χ4v) is 3.35. The summed E-state index contributed by atoms with van der Waals surface area (Å²) in [6, 6.07) is 8.13. The second-order valence-electron chi connectivity index (χ2n) is 5.98. The van der Waals surface area contributed by atoms with Crippen molar-refractivity contribution in [1.82, 2.24) is 4.90 Å². The van der Waals surface area contributed by atoms with Crippen LogP contribution in [0.3, 0.4) is 0 Å². The molecular formula is C16H23ClIN3. The number of guanidine groups is 1. The quantitative estimate of drug-likeness (QED) is 0.460. The van der Waals surface area contributed by atoms with Crippen LogP contribution in [0.1, 0.15) is 37.7 Å². The van der Waals surface area contributed by atoms with Crippen LogP contribution < -0.4 is 5.73 Å². The average Bonchev–Trinajstić information content (AvgIpc) is 3.27. The molecule has 1 saturated heterocycles. The molecule has 0 radical (unpaired) electrons. The first-order valence-electron chi connectivity index (χ1n) is 7.51. The Morgan fingerprint density at radius 2 is 1.86 bits per heavy atom. The Morgan fingerprint density at radius 1 is 1.19 bits per heavy atom. The van der Waals surface area contributed by atoms with E-state index in [1.807, 2.05) is 12.1 Å². The number of piperidine rings is 1. The highest BCUT2D eigenvalue weighted by Crippen LogP contribution is 2.50. The van der Waals surface area contributed by atoms with Crippen LogP contribution in [0.5, 0.6) is 0 Å². The van der Waals surface area contributed by atoms with Crippen molar-refractivity contribution < 1.29 is 0 Å². The molecule has 0 aromatic heterocycles. The second kappa shape index (κ2) is 7.18. The number of nitrogens with two attached hydrogens (primary N) is 1. The molecule has 1 saturated carbocycles. The Balaban J connectivity index is 0.00000161. The molecule has 1 aromatic carbocycles. The average molecular weight is 420 g/mol. The minimum absolute atomic E-state index is 0. The summed E-state index contributed by atoms with van der Waals surface area (Å²) in [5, 5.41) is 0.858. The van der Waals surface area contributed by atoms with Gasteiger partial charge in [-0.15, -0.1) is 24.0 Å². The van der Waals surface area contributed by atoms with Gasteiger partial charge in [0.25, 0.3) is 0 Å². The van der Waals surface area contributed by atoms with E-state index < -0.39 is 0 Å². The fourth-order valence-electron chi connectivity index (χ4n) is 3.01. The lowest BCUT2D eigenvalue weighted by molar-refractivity contribution is 0.337. The summed E-state index contributed by atoms with van der Waals surface area (Å²) < 4.78 is 0. The maximum absolute atomic E-state index is 6.32. The van der Waals surface area contributed by atoms with Gasteiger partial charge in [-0.25, -0.2) is 0 Å². The van der Waals surface area contributed by atoms with Crippen molar-refractivity contribution in [1.29, 1.82) is 0 Å². The van der Waals surface area contributed by atoms with E-state index in [-0.39, 0.29) is 29.4 Å². The van der Waals surface area contributed by atoms with Crippen molar-refractivity contribution in [2.24, 2.45) is 10.7 Å². The van der Waals surface area contributed by atoms with Crippen molar-refractivity contribution in [3.8, 4) is 0 Å². The van der Waals surface area contributed by atoms with Gasteiger partial charge in [0.2, 0.25) is 0 Å². The van der Waals surface area contributed by atoms with E-state index in [1.165, 1.54) is 24.8 Å². The first kappa shape index (κ1) is 16.9. The molecule has 5 heteroatoms. The number of hydrogen-bond donors (Lipinski definition) is 1. The normalized spacial score (nSPS) is 20.8. The standard InChI is InChI=1S/C16H22ClN3.HI/c17-14-7-3-2-6-13(14)16(8-9-16)12-19-15(18)20-10-4-1-5-11-20;/h2-3,6-7H,1,4-5,8-12H2,(H2,18,19);1H. The summed E-state index contributed by atoms with van der Waals surface area (Å²) in [6.45, 7) is 2.86. The molecule has 1 heterocycles. The van der Waals surface area contributed by atoms with Gasteiger partial charge in [0.15, 0.2) is 5.96 Å². The molecule has 3 rings (SSSR count). The summed E-state index contributed by atoms with van der Waals surface area (Å²) in [5.74, 6) is 0.711. The first-order chi connectivity index (χ1) is 9.71. The van der Waals surface area contributed by atoms with Gasteiger partial charge in [-0.3, -0.25) is 4.99 Å². The molecule has 1 aromatic rings. The Kier molecular flexibility index (Phi) is 5.77. The van der Waals surface area contributed by atoms with Gasteiger partial charge in [0.05, 0.1) is 6.54 Å². The summed E-state index contributed by atoms with van der Waals surface area (Å²) >= 11 is 6.32. The topological polar surface area (TPSA) is 41.6 Å². The van der Waals surface area contributed by atoms with Crippen LogP contribution in [0, 0.1) is 0 Å². The van der Waals surface area contributed by atoms with Crippen LogP contribution in [0.2, 0.25) is 5.02 Å². The lowest BCUT2D eigenvalue weighted by Crippen LogP contribution is -2.41. The largest absolute Gasteiger partial charge is 0.370 e. The van der Waals surface area contributed by atoms with Gasteiger partial charge < -0.3 is 10.6 Å². The molecule has 0 atom stereocenters. The highest BCUT2D eigenvalue weighted by Gasteiger charge is 2.45. The Labute approximate surface area is 149 Å². The zero-order valence-corrected chi connectivity index (χ0v) is 15.3. The molecule has 0 amide bonds. The second-order valence-corrected chi connectivity index (χ2v) is 6.39. The molecule has 2 N–H and O–H groups in total. The highest BCUT2D eigenvalue weighted by atomic mass is 127. The molecule has 2 aliphatic rings. The van der Waals surface area contributed by atoms with E-state index in [0.717, 1.165) is 37.5 Å². The number of benzene rings is 1. The summed E-state index contributed by atoms with van der Waals surface area (Å²) in [5.41, 5.74) is 7.51. The lowest BCUT2D eigenvalue weighted by atomic mass is 9.96. The van der Waals surface area contributed by atoms with Crippen molar-refractivity contribution in [3.63, 3.8) is 0 Å². The van der Waals surface area contributed by atoms with Crippen molar-refractivity contribution in [2.75, 3.05) is 19.6 Å². The van der Waals surface area contributed by atoms with Crippen LogP contribution >= 0.6 is 35.6 Å². The molecule has 21 heavy (non-hydrogen) atoms. The minimum Gasteiger partial charge on any atom is -0.370 e. The molecule has 3 nitrogen and oxygen atoms in total. The van der Waals surface area contributed by atoms with E-state index in [2.05, 4.69) is 22.0 Å². The van der Waals surface area contributed by atoms with E-state index in [4.69, 9.17) is 17.3 Å². The third kappa shape index (κ3) is 3.83. The molecule has 0 bridgehead atoms. The lowest BCUT2D eigenvalue weighted by Gasteiger charge is -2.28. The maximum atomic E-state index is 6.32. The maximum Gasteiger partial charge on any atom is 0.191 e. The summed E-state index contributed by atoms with van der Waals surface area (Å²) in [6.07, 6.45) is 6.09. The van der Waals surface area contributed by atoms with Crippen LogP contribution in [-0.4, -0.2) is 30.5 Å². The van der Waals surface area contributed by atoms with E-state index in [0.29, 0.717) is 5.96 Å². The van der Waals surface area contributed by atoms with Gasteiger partial charge in [0.1, 0.15) is 0 Å². The van der Waals surface area contributed by atoms with E-state index in [1.54, 1.807) is 0 Å². The van der Waals surface area contributed by atoms with Gasteiger partial charge in [-0.1, -0.05) is 29.8 Å². The van der Waals surface area contributed by atoms with Crippen molar-refractivity contribution >= 4 is 41.5 Å². The molecule has 116 valence electrons. The summed E-state index contributed by atoms with van der Waals surface area (Å²) in [7, 11) is 0. The predicted octanol–water partition coefficient (Wildman–Crippen LogP) is 3.79. The van der Waals surface area contributed by atoms with Crippen LogP contribution in [0.25, 0.3) is 0 Å². The van der Waals surface area contributed by atoms with E-state index in [9.17, 15) is 0 Å². The molecule has 2 fully saturated rings. The van der Waals surface area contributed by atoms with Crippen molar-refractivity contribution in [3.05, 3.63) is 34.9 Å². The molecule has 1 aliphatic heterocycles. The van der Waals surface area contributed by atoms with Gasteiger partial charge in [-0.2, -0.15) is 0 Å². The number of nitrogens with zero attached hydrogens (tertiary/aromatic N) is 2. The monoisotopic (exact) mass is 419 g/mol. The first-order valence-corrected chi connectivity index (χ1v) is 7.89. The van der Waals surface area contributed by atoms with Crippen molar-refractivity contribution in [2.45, 2.75) is 37.5 Å². The number of likely N-dealkylation sites (tertiary alicyclic amines) is 1.